The number of phenols is 1. The van der Waals surface area contributed by atoms with Crippen molar-refractivity contribution in [2.75, 3.05) is 31.1 Å². The lowest BCUT2D eigenvalue weighted by Crippen LogP contribution is -2.35. The Labute approximate surface area is 140 Å². The van der Waals surface area contributed by atoms with Crippen molar-refractivity contribution < 1.29 is 9.90 Å². The van der Waals surface area contributed by atoms with Crippen molar-refractivity contribution >= 4 is 11.7 Å². The molecule has 1 fully saturated rings. The van der Waals surface area contributed by atoms with E-state index < -0.39 is 0 Å². The van der Waals surface area contributed by atoms with Crippen molar-refractivity contribution in [2.24, 2.45) is 0 Å². The number of amides is 1. The number of nitrogens with zero attached hydrogens (tertiary/aromatic N) is 4. The third-order valence-corrected chi connectivity index (χ3v) is 4.12. The maximum absolute atomic E-state index is 12.6. The number of anilines is 1. The van der Waals surface area contributed by atoms with Gasteiger partial charge in [0.25, 0.3) is 5.91 Å². The zero-order chi connectivity index (χ0) is 16.9. The van der Waals surface area contributed by atoms with E-state index in [-0.39, 0.29) is 11.7 Å². The Morgan fingerprint density at radius 2 is 1.96 bits per heavy atom. The maximum Gasteiger partial charge on any atom is 0.257 e. The number of aromatic nitrogens is 1. The molecule has 122 valence electrons. The molecule has 1 amide bonds. The maximum atomic E-state index is 12.6. The highest BCUT2D eigenvalue weighted by atomic mass is 16.3. The summed E-state index contributed by atoms with van der Waals surface area (Å²) in [6.45, 7) is 2.47. The molecule has 1 aliphatic rings. The van der Waals surface area contributed by atoms with Crippen LogP contribution in [0.5, 0.6) is 5.75 Å². The number of nitriles is 1. The number of carbonyl (C=O) groups is 1. The summed E-state index contributed by atoms with van der Waals surface area (Å²) in [4.78, 5) is 20.7. The third-order valence-electron chi connectivity index (χ3n) is 4.12. The van der Waals surface area contributed by atoms with Crippen molar-refractivity contribution in [1.82, 2.24) is 9.88 Å². The minimum atomic E-state index is -0.170. The number of pyridine rings is 1. The summed E-state index contributed by atoms with van der Waals surface area (Å²) in [5, 5.41) is 19.1. The SMILES string of the molecule is N#Cc1cccnc1N1CCCN(C(=O)c2ccccc2O)CC1. The molecule has 24 heavy (non-hydrogen) atoms. The van der Waals surface area contributed by atoms with Crippen LogP contribution in [-0.2, 0) is 0 Å². The molecule has 0 radical (unpaired) electrons. The van der Waals surface area contributed by atoms with Crippen LogP contribution in [0.1, 0.15) is 22.3 Å². The Hall–Kier alpha value is -3.07. The van der Waals surface area contributed by atoms with Gasteiger partial charge in [-0.2, -0.15) is 5.26 Å². The lowest BCUT2D eigenvalue weighted by molar-refractivity contribution is 0.0764. The average molecular weight is 322 g/mol. The van der Waals surface area contributed by atoms with Gasteiger partial charge in [0.1, 0.15) is 17.6 Å². The molecule has 1 saturated heterocycles. The lowest BCUT2D eigenvalue weighted by Gasteiger charge is -2.23. The van der Waals surface area contributed by atoms with E-state index in [1.807, 2.05) is 4.90 Å². The van der Waals surface area contributed by atoms with E-state index in [9.17, 15) is 15.2 Å². The molecule has 2 heterocycles. The van der Waals surface area contributed by atoms with Gasteiger partial charge < -0.3 is 14.9 Å². The molecule has 1 aliphatic heterocycles. The fraction of sp³-hybridized carbons (Fsp3) is 0.278. The Bertz CT molecular complexity index is 785. The fourth-order valence-corrected chi connectivity index (χ4v) is 2.89. The zero-order valence-corrected chi connectivity index (χ0v) is 13.2. The van der Waals surface area contributed by atoms with Crippen LogP contribution in [0.3, 0.4) is 0 Å². The van der Waals surface area contributed by atoms with Crippen LogP contribution >= 0.6 is 0 Å². The number of phenolic OH excluding ortho intramolecular Hbond substituents is 1. The Morgan fingerprint density at radius 3 is 2.75 bits per heavy atom. The first-order valence-corrected chi connectivity index (χ1v) is 7.88. The van der Waals surface area contributed by atoms with Gasteiger partial charge in [0.05, 0.1) is 11.1 Å². The van der Waals surface area contributed by atoms with E-state index in [2.05, 4.69) is 11.1 Å². The van der Waals surface area contributed by atoms with Gasteiger partial charge >= 0.3 is 0 Å². The molecule has 0 aliphatic carbocycles. The van der Waals surface area contributed by atoms with Crippen LogP contribution in [-0.4, -0.2) is 47.1 Å². The third kappa shape index (κ3) is 3.15. The quantitative estimate of drug-likeness (QED) is 0.915. The van der Waals surface area contributed by atoms with Crippen LogP contribution in [0.25, 0.3) is 0 Å². The molecule has 0 spiro atoms. The second-order valence-corrected chi connectivity index (χ2v) is 5.64. The van der Waals surface area contributed by atoms with Crippen LogP contribution in [0.4, 0.5) is 5.82 Å². The molecule has 0 unspecified atom stereocenters. The van der Waals surface area contributed by atoms with Crippen LogP contribution in [0, 0.1) is 11.3 Å². The van der Waals surface area contributed by atoms with E-state index in [1.165, 1.54) is 6.07 Å². The van der Waals surface area contributed by atoms with Gasteiger partial charge in [-0.05, 0) is 30.7 Å². The highest BCUT2D eigenvalue weighted by molar-refractivity contribution is 5.96. The molecule has 0 bridgehead atoms. The van der Waals surface area contributed by atoms with Crippen LogP contribution < -0.4 is 4.90 Å². The highest BCUT2D eigenvalue weighted by Crippen LogP contribution is 2.21. The van der Waals surface area contributed by atoms with Gasteiger partial charge in [-0.15, -0.1) is 0 Å². The number of carbonyl (C=O) groups excluding carboxylic acids is 1. The zero-order valence-electron chi connectivity index (χ0n) is 13.2. The van der Waals surface area contributed by atoms with E-state index in [4.69, 9.17) is 0 Å². The van der Waals surface area contributed by atoms with Crippen LogP contribution in [0.15, 0.2) is 42.6 Å². The molecular weight excluding hydrogens is 304 g/mol. The van der Waals surface area contributed by atoms with Crippen molar-refractivity contribution in [1.29, 1.82) is 5.26 Å². The Morgan fingerprint density at radius 1 is 1.12 bits per heavy atom. The molecule has 6 nitrogen and oxygen atoms in total. The van der Waals surface area contributed by atoms with Crippen molar-refractivity contribution in [2.45, 2.75) is 6.42 Å². The van der Waals surface area contributed by atoms with E-state index in [1.54, 1.807) is 41.4 Å². The second kappa shape index (κ2) is 7.01. The van der Waals surface area contributed by atoms with Crippen LogP contribution in [0.2, 0.25) is 0 Å². The van der Waals surface area contributed by atoms with Gasteiger partial charge in [-0.3, -0.25) is 4.79 Å². The summed E-state index contributed by atoms with van der Waals surface area (Å²) in [5.41, 5.74) is 0.861. The summed E-state index contributed by atoms with van der Waals surface area (Å²) >= 11 is 0. The van der Waals surface area contributed by atoms with Gasteiger partial charge in [-0.25, -0.2) is 4.98 Å². The van der Waals surface area contributed by atoms with Crippen molar-refractivity contribution in [3.63, 3.8) is 0 Å². The normalized spacial score (nSPS) is 14.8. The highest BCUT2D eigenvalue weighted by Gasteiger charge is 2.23. The van der Waals surface area contributed by atoms with Gasteiger partial charge in [0.15, 0.2) is 0 Å². The molecule has 6 heteroatoms. The topological polar surface area (TPSA) is 80.5 Å². The average Bonchev–Trinajstić information content (AvgIpc) is 2.87. The summed E-state index contributed by atoms with van der Waals surface area (Å²) in [7, 11) is 0. The number of aromatic hydroxyl groups is 1. The van der Waals surface area contributed by atoms with E-state index >= 15 is 0 Å². The molecule has 3 rings (SSSR count). The number of rotatable bonds is 2. The minimum absolute atomic E-state index is 0.0000888. The minimum Gasteiger partial charge on any atom is -0.507 e. The van der Waals surface area contributed by atoms with E-state index in [0.29, 0.717) is 36.6 Å². The summed E-state index contributed by atoms with van der Waals surface area (Å²) in [6.07, 6.45) is 2.45. The predicted molar refractivity (Wildman–Crippen MR) is 89.8 cm³/mol. The van der Waals surface area contributed by atoms with Gasteiger partial charge in [0.2, 0.25) is 0 Å². The molecule has 1 N–H and O–H groups in total. The van der Waals surface area contributed by atoms with Crippen molar-refractivity contribution in [3.8, 4) is 11.8 Å². The molecule has 0 saturated carbocycles. The summed E-state index contributed by atoms with van der Waals surface area (Å²) in [6, 6.07) is 12.2. The summed E-state index contributed by atoms with van der Waals surface area (Å²) < 4.78 is 0. The number of hydrogen-bond donors (Lipinski definition) is 1. The standard InChI is InChI=1S/C18H18N4O2/c19-13-14-5-3-8-20-17(14)21-9-4-10-22(12-11-21)18(24)15-6-1-2-7-16(15)23/h1-3,5-8,23H,4,9-12H2. The fourth-order valence-electron chi connectivity index (χ4n) is 2.89. The number of para-hydroxylation sites is 1. The Balaban J connectivity index is 1.75. The lowest BCUT2D eigenvalue weighted by atomic mass is 10.1. The molecule has 1 aromatic carbocycles. The molecule has 2 aromatic rings. The van der Waals surface area contributed by atoms with E-state index in [0.717, 1.165) is 13.0 Å². The molecule has 0 atom stereocenters. The molecule has 1 aromatic heterocycles. The number of hydrogen-bond acceptors (Lipinski definition) is 5. The smallest absolute Gasteiger partial charge is 0.257 e. The van der Waals surface area contributed by atoms with Gasteiger partial charge in [-0.1, -0.05) is 12.1 Å². The first-order chi connectivity index (χ1) is 11.7. The predicted octanol–water partition coefficient (Wildman–Crippen LogP) is 2.01. The largest absolute Gasteiger partial charge is 0.507 e. The summed E-state index contributed by atoms with van der Waals surface area (Å²) in [5.74, 6) is 0.494. The first-order valence-electron chi connectivity index (χ1n) is 7.88. The van der Waals surface area contributed by atoms with Gasteiger partial charge in [0, 0.05) is 32.4 Å². The monoisotopic (exact) mass is 322 g/mol. The van der Waals surface area contributed by atoms with Crippen molar-refractivity contribution in [3.05, 3.63) is 53.7 Å². The Kier molecular flexibility index (Phi) is 4.62. The number of benzene rings is 1. The first kappa shape index (κ1) is 15.8. The molecular formula is C18H18N4O2. The second-order valence-electron chi connectivity index (χ2n) is 5.64.